The Morgan fingerprint density at radius 1 is 0.424 bits per heavy atom. The van der Waals surface area contributed by atoms with Gasteiger partial charge in [0.1, 0.15) is 0 Å². The van der Waals surface area contributed by atoms with Crippen LogP contribution in [0.25, 0.3) is 38.3 Å². The number of aryl methyl sites for hydroxylation is 6. The molecule has 0 spiro atoms. The Morgan fingerprint density at radius 3 is 1.56 bits per heavy atom. The first-order valence-corrected chi connectivity index (χ1v) is 20.8. The SMILES string of the molecule is Cc1cc2c(cc1C)N1C(=O)N3c4cc5c6ccccc6n(-c6ccccc6)c5cc4B(c4c(C)cccc4C)c4ccc5ccc(c1c5c43)B2c1c(C)cccc1C. The fraction of sp³-hybridized carbons (Fsp3) is 0.113. The van der Waals surface area contributed by atoms with Crippen LogP contribution in [0.4, 0.5) is 27.5 Å². The average molecular weight is 758 g/mol. The van der Waals surface area contributed by atoms with E-state index in [-0.39, 0.29) is 19.5 Å². The van der Waals surface area contributed by atoms with Crippen molar-refractivity contribution in [3.63, 3.8) is 0 Å². The normalized spacial score (nSPS) is 13.8. The van der Waals surface area contributed by atoms with E-state index in [2.05, 4.69) is 195 Å². The van der Waals surface area contributed by atoms with Crippen LogP contribution in [0.2, 0.25) is 0 Å². The maximum atomic E-state index is 16.1. The van der Waals surface area contributed by atoms with Crippen molar-refractivity contribution in [2.45, 2.75) is 41.5 Å². The zero-order valence-corrected chi connectivity index (χ0v) is 34.2. The highest BCUT2D eigenvalue weighted by atomic mass is 16.2. The average Bonchev–Trinajstić information content (AvgIpc) is 3.55. The highest BCUT2D eigenvalue weighted by molar-refractivity contribution is 7.00. The lowest BCUT2D eigenvalue weighted by Crippen LogP contribution is -2.65. The van der Waals surface area contributed by atoms with Crippen LogP contribution in [-0.2, 0) is 0 Å². The van der Waals surface area contributed by atoms with Crippen molar-refractivity contribution in [1.82, 2.24) is 4.57 Å². The number of hydrogen-bond acceptors (Lipinski definition) is 1. The molecule has 4 heterocycles. The molecule has 6 heteroatoms. The third-order valence-corrected chi connectivity index (χ3v) is 13.9. The summed E-state index contributed by atoms with van der Waals surface area (Å²) < 4.78 is 2.39. The first kappa shape index (κ1) is 34.3. The van der Waals surface area contributed by atoms with Gasteiger partial charge < -0.3 is 4.57 Å². The topological polar surface area (TPSA) is 28.5 Å². The van der Waals surface area contributed by atoms with Crippen molar-refractivity contribution < 1.29 is 4.79 Å². The maximum Gasteiger partial charge on any atom is 0.338 e. The summed E-state index contributed by atoms with van der Waals surface area (Å²) in [4.78, 5) is 20.3. The van der Waals surface area contributed by atoms with Crippen LogP contribution in [0.15, 0.2) is 140 Å². The number of hydrogen-bond donors (Lipinski definition) is 0. The number of fused-ring (bicyclic) bond motifs is 7. The second-order valence-corrected chi connectivity index (χ2v) is 17.1. The van der Waals surface area contributed by atoms with Gasteiger partial charge >= 0.3 is 6.03 Å². The lowest BCUT2D eigenvalue weighted by molar-refractivity contribution is 0.255. The number of carbonyl (C=O) groups excluding carboxylic acids is 1. The lowest BCUT2D eigenvalue weighted by atomic mass is 9.32. The van der Waals surface area contributed by atoms with E-state index in [0.717, 1.165) is 61.1 Å². The Bertz CT molecular complexity index is 3310. The van der Waals surface area contributed by atoms with Crippen LogP contribution in [0, 0.1) is 41.5 Å². The summed E-state index contributed by atoms with van der Waals surface area (Å²) in [5.74, 6) is 0. The standard InChI is InChI=1S/C53H41B2N3O/c1-30-14-12-15-31(2)49(30)54-40-24-22-36-23-25-41-52-48(36)51(40)57(46-27-35(6)34(5)26-42(46)54)53(59)58(52)47-28-39-38-20-10-11-21-44(38)56(37-18-8-7-9-19-37)45(39)29-43(47)55(41)50-32(3)16-13-17-33(50)4/h7-29H,1-6H3. The van der Waals surface area contributed by atoms with E-state index < -0.39 is 0 Å². The summed E-state index contributed by atoms with van der Waals surface area (Å²) in [6, 6.07) is 51.1. The molecule has 12 rings (SSSR count). The van der Waals surface area contributed by atoms with Crippen molar-refractivity contribution in [3.8, 4) is 5.69 Å². The molecule has 280 valence electrons. The van der Waals surface area contributed by atoms with E-state index in [1.54, 1.807) is 0 Å². The van der Waals surface area contributed by atoms with Gasteiger partial charge in [-0.3, -0.25) is 9.80 Å². The van der Waals surface area contributed by atoms with Crippen molar-refractivity contribution >= 4 is 108 Å². The third kappa shape index (κ3) is 4.49. The number of anilines is 4. The molecule has 3 aliphatic heterocycles. The maximum absolute atomic E-state index is 16.1. The largest absolute Gasteiger partial charge is 0.338 e. The molecule has 59 heavy (non-hydrogen) atoms. The molecule has 0 radical (unpaired) electrons. The van der Waals surface area contributed by atoms with Crippen molar-refractivity contribution in [3.05, 3.63) is 173 Å². The Hall–Kier alpha value is -6.78. The summed E-state index contributed by atoms with van der Waals surface area (Å²) in [5, 5.41) is 4.59. The van der Waals surface area contributed by atoms with Gasteiger partial charge in [-0.05, 0) is 116 Å². The minimum atomic E-state index is -0.0983. The first-order valence-electron chi connectivity index (χ1n) is 20.8. The van der Waals surface area contributed by atoms with Gasteiger partial charge in [-0.2, -0.15) is 0 Å². The highest BCUT2D eigenvalue weighted by Crippen LogP contribution is 2.48. The zero-order chi connectivity index (χ0) is 40.0. The molecule has 0 atom stereocenters. The molecular weight excluding hydrogens is 716 g/mol. The lowest BCUT2D eigenvalue weighted by Gasteiger charge is -2.47. The van der Waals surface area contributed by atoms with Crippen LogP contribution in [-0.4, -0.2) is 24.0 Å². The molecule has 0 aliphatic carbocycles. The highest BCUT2D eigenvalue weighted by Gasteiger charge is 2.49. The van der Waals surface area contributed by atoms with Gasteiger partial charge in [-0.15, -0.1) is 0 Å². The molecule has 0 bridgehead atoms. The number of urea groups is 1. The molecule has 1 aromatic heterocycles. The summed E-state index contributed by atoms with van der Waals surface area (Å²) in [7, 11) is 0. The number of aromatic nitrogens is 1. The third-order valence-electron chi connectivity index (χ3n) is 13.9. The minimum Gasteiger partial charge on any atom is -0.309 e. The van der Waals surface area contributed by atoms with Crippen molar-refractivity contribution in [2.75, 3.05) is 9.80 Å². The Morgan fingerprint density at radius 2 is 0.949 bits per heavy atom. The van der Waals surface area contributed by atoms with Crippen LogP contribution in [0.5, 0.6) is 0 Å². The van der Waals surface area contributed by atoms with Gasteiger partial charge in [0, 0.05) is 33.2 Å². The number of carbonyl (C=O) groups is 1. The molecular formula is C53H41B2N3O. The van der Waals surface area contributed by atoms with Crippen molar-refractivity contribution in [2.24, 2.45) is 0 Å². The van der Waals surface area contributed by atoms with E-state index in [1.165, 1.54) is 66.1 Å². The van der Waals surface area contributed by atoms with Gasteiger partial charge in [0.25, 0.3) is 0 Å². The van der Waals surface area contributed by atoms with E-state index in [9.17, 15) is 0 Å². The number of nitrogens with zero attached hydrogens (tertiary/aromatic N) is 3. The molecule has 8 aromatic carbocycles. The Balaban J connectivity index is 1.25. The van der Waals surface area contributed by atoms with Crippen LogP contribution in [0.3, 0.4) is 0 Å². The quantitative estimate of drug-likeness (QED) is 0.166. The van der Waals surface area contributed by atoms with E-state index in [0.29, 0.717) is 0 Å². The van der Waals surface area contributed by atoms with Gasteiger partial charge in [-0.1, -0.05) is 136 Å². The molecule has 4 nitrogen and oxygen atoms in total. The van der Waals surface area contributed by atoms with Crippen LogP contribution >= 0.6 is 0 Å². The summed E-state index contributed by atoms with van der Waals surface area (Å²) >= 11 is 0. The molecule has 0 saturated heterocycles. The number of rotatable bonds is 3. The number of benzene rings is 8. The summed E-state index contributed by atoms with van der Waals surface area (Å²) in [6.45, 7) is 13.2. The van der Waals surface area contributed by atoms with E-state index in [1.807, 2.05) is 0 Å². The predicted molar refractivity (Wildman–Crippen MR) is 251 cm³/mol. The minimum absolute atomic E-state index is 0.0228. The van der Waals surface area contributed by atoms with E-state index >= 15 is 4.79 Å². The van der Waals surface area contributed by atoms with Gasteiger partial charge in [-0.25, -0.2) is 4.79 Å². The fourth-order valence-corrected chi connectivity index (χ4v) is 11.2. The smallest absolute Gasteiger partial charge is 0.309 e. The Labute approximate surface area is 345 Å². The van der Waals surface area contributed by atoms with Gasteiger partial charge in [0.15, 0.2) is 0 Å². The molecule has 0 saturated carbocycles. The summed E-state index contributed by atoms with van der Waals surface area (Å²) in [6.07, 6.45) is 0. The zero-order valence-electron chi connectivity index (χ0n) is 34.2. The Kier molecular flexibility index (Phi) is 7.04. The van der Waals surface area contributed by atoms with Crippen LogP contribution < -0.4 is 42.6 Å². The fourth-order valence-electron chi connectivity index (χ4n) is 11.2. The van der Waals surface area contributed by atoms with Crippen LogP contribution in [0.1, 0.15) is 33.4 Å². The predicted octanol–water partition coefficient (Wildman–Crippen LogP) is 8.86. The molecule has 9 aromatic rings. The number of amides is 2. The van der Waals surface area contributed by atoms with Gasteiger partial charge in [0.05, 0.1) is 22.4 Å². The number of para-hydroxylation sites is 2. The molecule has 0 unspecified atom stereocenters. The molecule has 3 aliphatic rings. The van der Waals surface area contributed by atoms with E-state index in [4.69, 9.17) is 0 Å². The second kappa shape index (κ2) is 12.1. The molecule has 2 amide bonds. The van der Waals surface area contributed by atoms with Crippen molar-refractivity contribution in [1.29, 1.82) is 0 Å². The second-order valence-electron chi connectivity index (χ2n) is 17.1. The molecule has 0 fully saturated rings. The first-order chi connectivity index (χ1) is 28.7. The molecule has 0 N–H and O–H groups in total. The monoisotopic (exact) mass is 757 g/mol. The van der Waals surface area contributed by atoms with Gasteiger partial charge in [0.2, 0.25) is 13.4 Å². The summed E-state index contributed by atoms with van der Waals surface area (Å²) in [5.41, 5.74) is 22.1.